The summed E-state index contributed by atoms with van der Waals surface area (Å²) in [5.74, 6) is 0.750. The third-order valence-corrected chi connectivity index (χ3v) is 5.71. The zero-order valence-corrected chi connectivity index (χ0v) is 17.6. The van der Waals surface area contributed by atoms with Crippen LogP contribution in [-0.4, -0.2) is 66.8 Å². The molecule has 0 radical (unpaired) electrons. The first kappa shape index (κ1) is 20.6. The first-order valence-electron chi connectivity index (χ1n) is 10.7. The van der Waals surface area contributed by atoms with Crippen molar-refractivity contribution in [2.75, 3.05) is 56.2 Å². The number of nitrogens with one attached hydrogen (secondary N) is 1. The van der Waals surface area contributed by atoms with Crippen LogP contribution in [0.2, 0.25) is 0 Å². The molecule has 5 rings (SSSR count). The molecule has 0 unspecified atom stereocenters. The smallest absolute Gasteiger partial charge is 0.265 e. The van der Waals surface area contributed by atoms with Crippen LogP contribution >= 0.6 is 0 Å². The van der Waals surface area contributed by atoms with Gasteiger partial charge >= 0.3 is 0 Å². The Bertz CT molecular complexity index is 1140. The molecule has 166 valence electrons. The number of amides is 1. The van der Waals surface area contributed by atoms with E-state index in [-0.39, 0.29) is 18.3 Å². The van der Waals surface area contributed by atoms with E-state index in [9.17, 15) is 9.18 Å². The Kier molecular flexibility index (Phi) is 5.83. The molecule has 8 nitrogen and oxygen atoms in total. The summed E-state index contributed by atoms with van der Waals surface area (Å²) in [5.41, 5.74) is 1.96. The van der Waals surface area contributed by atoms with E-state index in [1.807, 2.05) is 12.1 Å². The molecule has 1 fully saturated rings. The van der Waals surface area contributed by atoms with Gasteiger partial charge in [0.2, 0.25) is 0 Å². The van der Waals surface area contributed by atoms with E-state index in [2.05, 4.69) is 20.2 Å². The van der Waals surface area contributed by atoms with Crippen molar-refractivity contribution in [1.82, 2.24) is 14.9 Å². The van der Waals surface area contributed by atoms with Crippen molar-refractivity contribution in [3.8, 4) is 5.75 Å². The highest BCUT2D eigenvalue weighted by Gasteiger charge is 2.27. The summed E-state index contributed by atoms with van der Waals surface area (Å²) in [6.07, 6.45) is 2.30. The lowest BCUT2D eigenvalue weighted by molar-refractivity contribution is -0.121. The number of rotatable bonds is 6. The molecule has 1 aromatic heterocycles. The molecule has 0 aliphatic carbocycles. The molecular formula is C23H24FN5O3. The highest BCUT2D eigenvalue weighted by atomic mass is 19.1. The van der Waals surface area contributed by atoms with E-state index in [1.54, 1.807) is 17.0 Å². The molecule has 2 aliphatic rings. The number of anilines is 3. The van der Waals surface area contributed by atoms with Crippen molar-refractivity contribution in [2.45, 2.75) is 6.42 Å². The van der Waals surface area contributed by atoms with Crippen molar-refractivity contribution in [3.63, 3.8) is 0 Å². The van der Waals surface area contributed by atoms with Gasteiger partial charge in [-0.2, -0.15) is 0 Å². The van der Waals surface area contributed by atoms with E-state index in [1.165, 1.54) is 18.5 Å². The van der Waals surface area contributed by atoms with E-state index in [4.69, 9.17) is 9.47 Å². The zero-order valence-electron chi connectivity index (χ0n) is 17.6. The average Bonchev–Trinajstić information content (AvgIpc) is 2.80. The molecular weight excluding hydrogens is 413 g/mol. The lowest BCUT2D eigenvalue weighted by Gasteiger charge is -2.31. The van der Waals surface area contributed by atoms with Gasteiger partial charge in [-0.25, -0.2) is 14.4 Å². The van der Waals surface area contributed by atoms with Gasteiger partial charge in [-0.3, -0.25) is 9.69 Å². The predicted molar refractivity (Wildman–Crippen MR) is 119 cm³/mol. The fourth-order valence-electron chi connectivity index (χ4n) is 4.08. The second-order valence-corrected chi connectivity index (χ2v) is 7.84. The molecule has 0 saturated carbocycles. The summed E-state index contributed by atoms with van der Waals surface area (Å²) in [7, 11) is 0. The Labute approximate surface area is 185 Å². The van der Waals surface area contributed by atoms with Gasteiger partial charge in [-0.15, -0.1) is 0 Å². The van der Waals surface area contributed by atoms with Crippen molar-refractivity contribution < 1.29 is 18.7 Å². The average molecular weight is 437 g/mol. The first-order chi connectivity index (χ1) is 15.7. The molecule has 3 heterocycles. The zero-order chi connectivity index (χ0) is 21.9. The number of aromatic nitrogens is 2. The van der Waals surface area contributed by atoms with E-state index in [0.717, 1.165) is 44.7 Å². The summed E-state index contributed by atoms with van der Waals surface area (Å²) in [4.78, 5) is 25.5. The van der Waals surface area contributed by atoms with Gasteiger partial charge in [0.05, 0.1) is 24.4 Å². The highest BCUT2D eigenvalue weighted by molar-refractivity contribution is 6.03. The second kappa shape index (κ2) is 9.05. The number of halogens is 1. The number of hydrogen-bond donors (Lipinski definition) is 1. The van der Waals surface area contributed by atoms with Crippen LogP contribution in [0, 0.1) is 5.82 Å². The lowest BCUT2D eigenvalue weighted by Crippen LogP contribution is -2.42. The number of morpholine rings is 1. The number of nitrogens with zero attached hydrogens (tertiary/aromatic N) is 4. The van der Waals surface area contributed by atoms with Crippen molar-refractivity contribution in [2.24, 2.45) is 0 Å². The number of benzene rings is 2. The molecule has 0 bridgehead atoms. The maximum Gasteiger partial charge on any atom is 0.265 e. The van der Waals surface area contributed by atoms with Gasteiger partial charge in [-0.1, -0.05) is 6.07 Å². The topological polar surface area (TPSA) is 79.8 Å². The van der Waals surface area contributed by atoms with Crippen LogP contribution in [0.15, 0.2) is 42.7 Å². The number of hydrogen-bond acceptors (Lipinski definition) is 7. The summed E-state index contributed by atoms with van der Waals surface area (Å²) >= 11 is 0. The minimum atomic E-state index is -0.337. The molecule has 32 heavy (non-hydrogen) atoms. The van der Waals surface area contributed by atoms with Crippen LogP contribution in [-0.2, 0) is 9.53 Å². The lowest BCUT2D eigenvalue weighted by atomic mass is 10.1. The summed E-state index contributed by atoms with van der Waals surface area (Å²) in [6, 6.07) is 9.88. The first-order valence-corrected chi connectivity index (χ1v) is 10.7. The van der Waals surface area contributed by atoms with Crippen LogP contribution in [0.25, 0.3) is 10.9 Å². The Morgan fingerprint density at radius 2 is 1.97 bits per heavy atom. The van der Waals surface area contributed by atoms with E-state index >= 15 is 0 Å². The largest absolute Gasteiger partial charge is 0.481 e. The predicted octanol–water partition coefficient (Wildman–Crippen LogP) is 2.96. The van der Waals surface area contributed by atoms with Gasteiger partial charge in [0.1, 0.15) is 23.7 Å². The summed E-state index contributed by atoms with van der Waals surface area (Å²) in [5, 5.41) is 3.88. The number of fused-ring (bicyclic) bond motifs is 2. The van der Waals surface area contributed by atoms with Crippen molar-refractivity contribution >= 4 is 34.0 Å². The fourth-order valence-corrected chi connectivity index (χ4v) is 4.08. The monoisotopic (exact) mass is 437 g/mol. The van der Waals surface area contributed by atoms with E-state index in [0.29, 0.717) is 35.0 Å². The molecule has 2 aliphatic heterocycles. The molecule has 1 saturated heterocycles. The third kappa shape index (κ3) is 4.35. The Hall–Kier alpha value is -3.30. The van der Waals surface area contributed by atoms with Crippen LogP contribution in [0.1, 0.15) is 6.42 Å². The van der Waals surface area contributed by atoms with E-state index < -0.39 is 0 Å². The van der Waals surface area contributed by atoms with Crippen molar-refractivity contribution in [3.05, 3.63) is 48.5 Å². The highest BCUT2D eigenvalue weighted by Crippen LogP contribution is 2.37. The molecule has 0 atom stereocenters. The Morgan fingerprint density at radius 1 is 1.09 bits per heavy atom. The molecule has 9 heteroatoms. The molecule has 1 N–H and O–H groups in total. The van der Waals surface area contributed by atoms with Gasteiger partial charge in [-0.05, 0) is 30.7 Å². The summed E-state index contributed by atoms with van der Waals surface area (Å²) < 4.78 is 24.7. The molecule has 2 aromatic carbocycles. The summed E-state index contributed by atoms with van der Waals surface area (Å²) in [6.45, 7) is 4.87. The van der Waals surface area contributed by atoms with Crippen LogP contribution in [0.5, 0.6) is 5.75 Å². The van der Waals surface area contributed by atoms with Crippen molar-refractivity contribution in [1.29, 1.82) is 0 Å². The van der Waals surface area contributed by atoms with Gasteiger partial charge in [0, 0.05) is 43.3 Å². The SMILES string of the molecule is O=C1COc2cc3ncnc(Nc4cccc(F)c4)c3cc2N1CCCN1CCOCC1. The molecule has 0 spiro atoms. The van der Waals surface area contributed by atoms with Gasteiger partial charge < -0.3 is 19.7 Å². The number of carbonyl (C=O) groups excluding carboxylic acids is 1. The molecule has 3 aromatic rings. The van der Waals surface area contributed by atoms with Crippen LogP contribution < -0.4 is 15.0 Å². The minimum absolute atomic E-state index is 0.00947. The minimum Gasteiger partial charge on any atom is -0.481 e. The fraction of sp³-hybridized carbons (Fsp3) is 0.348. The Morgan fingerprint density at radius 3 is 2.81 bits per heavy atom. The van der Waals surface area contributed by atoms with Gasteiger partial charge in [0.25, 0.3) is 5.91 Å². The standard InChI is InChI=1S/C23H24FN5O3/c24-16-3-1-4-17(11-16)27-23-18-12-20-21(13-19(18)25-15-26-23)32-14-22(30)29(20)6-2-5-28-7-9-31-10-8-28/h1,3-4,11-13,15H,2,5-10,14H2,(H,25,26,27). The Balaban J connectivity index is 1.41. The quantitative estimate of drug-likeness (QED) is 0.635. The normalized spacial score (nSPS) is 16.7. The number of ether oxygens (including phenoxy) is 2. The third-order valence-electron chi connectivity index (χ3n) is 5.71. The maximum atomic E-state index is 13.6. The molecule has 1 amide bonds. The number of carbonyl (C=O) groups is 1. The maximum absolute atomic E-state index is 13.6. The second-order valence-electron chi connectivity index (χ2n) is 7.84. The van der Waals surface area contributed by atoms with Gasteiger partial charge in [0.15, 0.2) is 6.61 Å². The van der Waals surface area contributed by atoms with Crippen LogP contribution in [0.4, 0.5) is 21.6 Å². The van der Waals surface area contributed by atoms with Crippen LogP contribution in [0.3, 0.4) is 0 Å².